The highest BCUT2D eigenvalue weighted by atomic mass is 32.2. The lowest BCUT2D eigenvalue weighted by molar-refractivity contribution is 0.588. The Morgan fingerprint density at radius 2 is 1.95 bits per heavy atom. The van der Waals surface area contributed by atoms with Crippen molar-refractivity contribution in [3.8, 4) is 0 Å². The predicted molar refractivity (Wildman–Crippen MR) is 87.8 cm³/mol. The van der Waals surface area contributed by atoms with Gasteiger partial charge >= 0.3 is 0 Å². The van der Waals surface area contributed by atoms with Gasteiger partial charge in [-0.2, -0.15) is 0 Å². The summed E-state index contributed by atoms with van der Waals surface area (Å²) >= 11 is 1.63. The zero-order chi connectivity index (χ0) is 15.5. The third kappa shape index (κ3) is 4.00. The number of sulfonamides is 1. The molecule has 21 heavy (non-hydrogen) atoms. The van der Waals surface area contributed by atoms with E-state index in [1.807, 2.05) is 6.07 Å². The van der Waals surface area contributed by atoms with Gasteiger partial charge < -0.3 is 5.73 Å². The molecule has 2 aromatic rings. The van der Waals surface area contributed by atoms with Gasteiger partial charge in [0.25, 0.3) is 0 Å². The second-order valence-electron chi connectivity index (χ2n) is 4.68. The second-order valence-corrected chi connectivity index (χ2v) is 7.59. The number of benzene rings is 2. The molecule has 3 N–H and O–H groups in total. The predicted octanol–water partition coefficient (Wildman–Crippen LogP) is 2.78. The molecular formula is C15H18N2O2S2. The van der Waals surface area contributed by atoms with Crippen LogP contribution in [0.3, 0.4) is 0 Å². The Bertz CT molecular complexity index is 743. The quantitative estimate of drug-likeness (QED) is 0.656. The number of rotatable bonds is 5. The van der Waals surface area contributed by atoms with Crippen molar-refractivity contribution in [1.82, 2.24) is 4.72 Å². The van der Waals surface area contributed by atoms with Gasteiger partial charge in [0.2, 0.25) is 10.0 Å². The van der Waals surface area contributed by atoms with Crippen molar-refractivity contribution in [1.29, 1.82) is 0 Å². The van der Waals surface area contributed by atoms with Crippen molar-refractivity contribution in [2.24, 2.45) is 0 Å². The molecule has 0 amide bonds. The molecule has 0 aliphatic carbocycles. The van der Waals surface area contributed by atoms with E-state index in [2.05, 4.69) is 29.8 Å². The van der Waals surface area contributed by atoms with E-state index in [4.69, 9.17) is 5.73 Å². The minimum absolute atomic E-state index is 0.116. The van der Waals surface area contributed by atoms with Crippen LogP contribution in [0.2, 0.25) is 0 Å². The van der Waals surface area contributed by atoms with E-state index < -0.39 is 10.0 Å². The van der Waals surface area contributed by atoms with Gasteiger partial charge in [0.15, 0.2) is 0 Å². The van der Waals surface area contributed by atoms with Crippen LogP contribution >= 0.6 is 11.8 Å². The van der Waals surface area contributed by atoms with Gasteiger partial charge in [-0.05, 0) is 37.7 Å². The van der Waals surface area contributed by atoms with Gasteiger partial charge in [-0.15, -0.1) is 11.8 Å². The Hall–Kier alpha value is -1.50. The average molecular weight is 322 g/mol. The van der Waals surface area contributed by atoms with Crippen molar-refractivity contribution in [3.05, 3.63) is 53.6 Å². The van der Waals surface area contributed by atoms with Crippen molar-refractivity contribution < 1.29 is 8.42 Å². The number of hydrogen-bond acceptors (Lipinski definition) is 4. The maximum Gasteiger partial charge on any atom is 0.242 e. The molecule has 0 saturated carbocycles. The van der Waals surface area contributed by atoms with E-state index in [0.29, 0.717) is 0 Å². The summed E-state index contributed by atoms with van der Waals surface area (Å²) in [5, 5.41) is 0. The van der Waals surface area contributed by atoms with E-state index in [9.17, 15) is 8.42 Å². The first kappa shape index (κ1) is 15.9. The Morgan fingerprint density at radius 3 is 2.57 bits per heavy atom. The Balaban J connectivity index is 2.14. The Kier molecular flexibility index (Phi) is 4.92. The molecule has 0 aliphatic heterocycles. The fraction of sp³-hybridized carbons (Fsp3) is 0.200. The number of hydrogen-bond donors (Lipinski definition) is 2. The van der Waals surface area contributed by atoms with Gasteiger partial charge in [0.1, 0.15) is 4.90 Å². The van der Waals surface area contributed by atoms with Gasteiger partial charge in [-0.1, -0.05) is 29.8 Å². The molecule has 4 nitrogen and oxygen atoms in total. The fourth-order valence-corrected chi connectivity index (χ4v) is 3.66. The van der Waals surface area contributed by atoms with Gasteiger partial charge in [0.05, 0.1) is 5.69 Å². The first-order valence-electron chi connectivity index (χ1n) is 6.44. The minimum atomic E-state index is -3.50. The topological polar surface area (TPSA) is 72.2 Å². The molecule has 0 spiro atoms. The summed E-state index contributed by atoms with van der Waals surface area (Å²) in [5.41, 5.74) is 8.56. The average Bonchev–Trinajstić information content (AvgIpc) is 2.45. The molecule has 0 bridgehead atoms. The maximum absolute atomic E-state index is 11.8. The SMILES string of the molecule is CNS(=O)(=O)c1ccc(SCc2cccc(C)c2)cc1N. The summed E-state index contributed by atoms with van der Waals surface area (Å²) in [6, 6.07) is 13.3. The molecule has 2 aromatic carbocycles. The normalized spacial score (nSPS) is 11.5. The third-order valence-corrected chi connectivity index (χ3v) is 5.58. The number of thioether (sulfide) groups is 1. The maximum atomic E-state index is 11.8. The molecule has 0 heterocycles. The van der Waals surface area contributed by atoms with Crippen LogP contribution in [0.1, 0.15) is 11.1 Å². The summed E-state index contributed by atoms with van der Waals surface area (Å²) in [6.07, 6.45) is 0. The summed E-state index contributed by atoms with van der Waals surface area (Å²) in [5.74, 6) is 0.819. The van der Waals surface area contributed by atoms with Crippen molar-refractivity contribution in [2.75, 3.05) is 12.8 Å². The van der Waals surface area contributed by atoms with Crippen LogP contribution in [0.25, 0.3) is 0 Å². The number of aryl methyl sites for hydroxylation is 1. The molecule has 0 aromatic heterocycles. The molecule has 0 radical (unpaired) electrons. The highest BCUT2D eigenvalue weighted by Gasteiger charge is 2.15. The fourth-order valence-electron chi connectivity index (χ4n) is 1.94. The van der Waals surface area contributed by atoms with Crippen molar-refractivity contribution >= 4 is 27.5 Å². The van der Waals surface area contributed by atoms with Crippen LogP contribution in [0, 0.1) is 6.92 Å². The van der Waals surface area contributed by atoms with Crippen molar-refractivity contribution in [3.63, 3.8) is 0 Å². The zero-order valence-electron chi connectivity index (χ0n) is 12.0. The molecule has 0 unspecified atom stereocenters. The first-order valence-corrected chi connectivity index (χ1v) is 8.90. The van der Waals surface area contributed by atoms with E-state index in [-0.39, 0.29) is 10.6 Å². The van der Waals surface area contributed by atoms with Crippen LogP contribution < -0.4 is 10.5 Å². The molecule has 2 rings (SSSR count). The highest BCUT2D eigenvalue weighted by molar-refractivity contribution is 7.98. The van der Waals surface area contributed by atoms with Crippen LogP contribution in [0.4, 0.5) is 5.69 Å². The van der Waals surface area contributed by atoms with E-state index in [1.165, 1.54) is 18.2 Å². The molecular weight excluding hydrogens is 304 g/mol. The molecule has 112 valence electrons. The lowest BCUT2D eigenvalue weighted by atomic mass is 10.2. The van der Waals surface area contributed by atoms with E-state index in [0.717, 1.165) is 10.6 Å². The highest BCUT2D eigenvalue weighted by Crippen LogP contribution is 2.28. The zero-order valence-corrected chi connectivity index (χ0v) is 13.6. The summed E-state index contributed by atoms with van der Waals surface area (Å²) < 4.78 is 25.8. The molecule has 0 aliphatic rings. The third-order valence-electron chi connectivity index (χ3n) is 3.03. The summed E-state index contributed by atoms with van der Waals surface area (Å²) in [6.45, 7) is 2.06. The van der Waals surface area contributed by atoms with Gasteiger partial charge in [-0.3, -0.25) is 0 Å². The second kappa shape index (κ2) is 6.51. The van der Waals surface area contributed by atoms with Crippen molar-refractivity contribution in [2.45, 2.75) is 22.5 Å². The van der Waals surface area contributed by atoms with E-state index in [1.54, 1.807) is 30.0 Å². The smallest absolute Gasteiger partial charge is 0.242 e. The molecule has 0 atom stereocenters. The van der Waals surface area contributed by atoms with Gasteiger partial charge in [0, 0.05) is 10.6 Å². The lowest BCUT2D eigenvalue weighted by Gasteiger charge is -2.08. The monoisotopic (exact) mass is 322 g/mol. The van der Waals surface area contributed by atoms with Crippen LogP contribution in [-0.4, -0.2) is 15.5 Å². The number of nitrogen functional groups attached to an aromatic ring is 1. The Morgan fingerprint density at radius 1 is 1.19 bits per heavy atom. The molecule has 0 saturated heterocycles. The lowest BCUT2D eigenvalue weighted by Crippen LogP contribution is -2.19. The number of anilines is 1. The number of nitrogens with two attached hydrogens (primary N) is 1. The molecule has 0 fully saturated rings. The number of nitrogens with one attached hydrogen (secondary N) is 1. The van der Waals surface area contributed by atoms with Gasteiger partial charge in [-0.25, -0.2) is 13.1 Å². The standard InChI is InChI=1S/C15H18N2O2S2/c1-11-4-3-5-12(8-11)10-20-13-6-7-15(14(16)9-13)21(18,19)17-2/h3-9,17H,10,16H2,1-2H3. The largest absolute Gasteiger partial charge is 0.398 e. The Labute approximate surface area is 129 Å². The van der Waals surface area contributed by atoms with Crippen LogP contribution in [0.5, 0.6) is 0 Å². The summed E-state index contributed by atoms with van der Waals surface area (Å²) in [7, 11) is -2.13. The van der Waals surface area contributed by atoms with E-state index >= 15 is 0 Å². The van der Waals surface area contributed by atoms with Crippen LogP contribution in [0.15, 0.2) is 52.3 Å². The first-order chi connectivity index (χ1) is 9.92. The minimum Gasteiger partial charge on any atom is -0.398 e. The summed E-state index contributed by atoms with van der Waals surface area (Å²) in [4.78, 5) is 1.06. The molecule has 6 heteroatoms. The van der Waals surface area contributed by atoms with Crippen LogP contribution in [-0.2, 0) is 15.8 Å².